The van der Waals surface area contributed by atoms with E-state index in [0.29, 0.717) is 6.54 Å². The Morgan fingerprint density at radius 3 is 2.28 bits per heavy atom. The van der Waals surface area contributed by atoms with Gasteiger partial charge in [-0.3, -0.25) is 19.3 Å². The van der Waals surface area contributed by atoms with Crippen LogP contribution in [0.4, 0.5) is 0 Å². The largest absolute Gasteiger partial charge is 0.354 e. The van der Waals surface area contributed by atoms with E-state index in [0.717, 1.165) is 64.8 Å². The monoisotopic (exact) mass is 372 g/mol. The van der Waals surface area contributed by atoms with Gasteiger partial charge in [-0.05, 0) is 25.8 Å². The van der Waals surface area contributed by atoms with Gasteiger partial charge in [0.15, 0.2) is 0 Å². The van der Waals surface area contributed by atoms with Crippen molar-refractivity contribution in [3.63, 3.8) is 0 Å². The summed E-state index contributed by atoms with van der Waals surface area (Å²) < 4.78 is 0. The standard InChI is InChI=1S/C17H28N4O3.ClH/c22-15(19-6-3-9-20-10-7-18-8-11-20)12-21-16(23)13-4-1-2-5-14(13)17(21)24;/h13-14,18H,1-12H2,(H,19,22);1H. The molecule has 0 aromatic rings. The number of amides is 3. The van der Waals surface area contributed by atoms with Crippen LogP contribution in [0.5, 0.6) is 0 Å². The smallest absolute Gasteiger partial charge is 0.240 e. The predicted octanol–water partition coefficient (Wildman–Crippen LogP) is -0.00510. The first-order valence-corrected chi connectivity index (χ1v) is 9.22. The summed E-state index contributed by atoms with van der Waals surface area (Å²) in [6.07, 6.45) is 4.48. The van der Waals surface area contributed by atoms with Gasteiger partial charge in [0.1, 0.15) is 6.54 Å². The summed E-state index contributed by atoms with van der Waals surface area (Å²) in [6, 6.07) is 0. The minimum Gasteiger partial charge on any atom is -0.354 e. The molecule has 0 aromatic carbocycles. The quantitative estimate of drug-likeness (QED) is 0.506. The Morgan fingerprint density at radius 2 is 1.68 bits per heavy atom. The lowest BCUT2D eigenvalue weighted by molar-refractivity contribution is -0.143. The number of piperazine rings is 1. The van der Waals surface area contributed by atoms with Crippen LogP contribution in [0.2, 0.25) is 0 Å². The van der Waals surface area contributed by atoms with Crippen molar-refractivity contribution in [1.82, 2.24) is 20.4 Å². The molecule has 142 valence electrons. The fraction of sp³-hybridized carbons (Fsp3) is 0.824. The molecule has 3 rings (SSSR count). The molecule has 0 radical (unpaired) electrons. The molecule has 2 heterocycles. The molecule has 25 heavy (non-hydrogen) atoms. The number of fused-ring (bicyclic) bond motifs is 1. The maximum atomic E-state index is 12.3. The van der Waals surface area contributed by atoms with Gasteiger partial charge in [-0.25, -0.2) is 0 Å². The van der Waals surface area contributed by atoms with Gasteiger partial charge < -0.3 is 15.5 Å². The highest BCUT2D eigenvalue weighted by atomic mass is 35.5. The van der Waals surface area contributed by atoms with Crippen molar-refractivity contribution < 1.29 is 14.4 Å². The zero-order valence-corrected chi connectivity index (χ0v) is 15.5. The normalized spacial score (nSPS) is 27.0. The number of hydrogen-bond donors (Lipinski definition) is 2. The summed E-state index contributed by atoms with van der Waals surface area (Å²) in [5.41, 5.74) is 0. The third kappa shape index (κ3) is 4.92. The van der Waals surface area contributed by atoms with Gasteiger partial charge >= 0.3 is 0 Å². The summed E-state index contributed by atoms with van der Waals surface area (Å²) in [4.78, 5) is 40.3. The number of rotatable bonds is 6. The van der Waals surface area contributed by atoms with Crippen molar-refractivity contribution >= 4 is 30.1 Å². The summed E-state index contributed by atoms with van der Waals surface area (Å²) in [5.74, 6) is -0.851. The van der Waals surface area contributed by atoms with Crippen LogP contribution in [0.1, 0.15) is 32.1 Å². The van der Waals surface area contributed by atoms with Gasteiger partial charge in [-0.2, -0.15) is 0 Å². The SMILES string of the molecule is Cl.O=C(CN1C(=O)C2CCCCC2C1=O)NCCCN1CCNCC1. The van der Waals surface area contributed by atoms with E-state index in [1.54, 1.807) is 0 Å². The number of imide groups is 1. The van der Waals surface area contributed by atoms with E-state index in [1.807, 2.05) is 0 Å². The molecule has 2 N–H and O–H groups in total. The number of hydrogen-bond acceptors (Lipinski definition) is 5. The van der Waals surface area contributed by atoms with Crippen LogP contribution in [0.15, 0.2) is 0 Å². The third-order valence-electron chi connectivity index (χ3n) is 5.42. The molecule has 0 bridgehead atoms. The number of nitrogens with one attached hydrogen (secondary N) is 2. The number of carbonyl (C=O) groups is 3. The molecule has 0 spiro atoms. The van der Waals surface area contributed by atoms with Crippen molar-refractivity contribution in [3.8, 4) is 0 Å². The number of halogens is 1. The predicted molar refractivity (Wildman–Crippen MR) is 96.4 cm³/mol. The second-order valence-electron chi connectivity index (χ2n) is 7.06. The van der Waals surface area contributed by atoms with Crippen LogP contribution in [-0.4, -0.2) is 73.3 Å². The Bertz CT molecular complexity index is 472. The lowest BCUT2D eigenvalue weighted by Crippen LogP contribution is -2.45. The lowest BCUT2D eigenvalue weighted by Gasteiger charge is -2.27. The molecule has 0 aromatic heterocycles. The Morgan fingerprint density at radius 1 is 1.08 bits per heavy atom. The highest BCUT2D eigenvalue weighted by Gasteiger charge is 2.48. The number of likely N-dealkylation sites (tertiary alicyclic amines) is 1. The van der Waals surface area contributed by atoms with Crippen LogP contribution < -0.4 is 10.6 Å². The van der Waals surface area contributed by atoms with Crippen LogP contribution in [0.25, 0.3) is 0 Å². The van der Waals surface area contributed by atoms with Gasteiger partial charge in [0, 0.05) is 32.7 Å². The molecule has 8 heteroatoms. The van der Waals surface area contributed by atoms with Gasteiger partial charge in [0.25, 0.3) is 0 Å². The van der Waals surface area contributed by atoms with E-state index in [-0.39, 0.29) is 48.5 Å². The fourth-order valence-corrected chi connectivity index (χ4v) is 4.05. The van der Waals surface area contributed by atoms with Gasteiger partial charge in [-0.1, -0.05) is 12.8 Å². The first-order valence-electron chi connectivity index (χ1n) is 9.22. The average molecular weight is 373 g/mol. The number of nitrogens with zero attached hydrogens (tertiary/aromatic N) is 2. The van der Waals surface area contributed by atoms with Gasteiger partial charge in [-0.15, -0.1) is 12.4 Å². The lowest BCUT2D eigenvalue weighted by atomic mass is 9.81. The topological polar surface area (TPSA) is 81.8 Å². The first kappa shape index (κ1) is 20.1. The molecule has 3 aliphatic rings. The maximum absolute atomic E-state index is 12.3. The highest BCUT2D eigenvalue weighted by molar-refractivity contribution is 6.07. The average Bonchev–Trinajstić information content (AvgIpc) is 2.85. The van der Waals surface area contributed by atoms with Crippen molar-refractivity contribution in [1.29, 1.82) is 0 Å². The van der Waals surface area contributed by atoms with Crippen molar-refractivity contribution in [2.45, 2.75) is 32.1 Å². The summed E-state index contributed by atoms with van der Waals surface area (Å²) in [6.45, 7) is 5.58. The van der Waals surface area contributed by atoms with Gasteiger partial charge in [0.2, 0.25) is 17.7 Å². The molecule has 3 amide bonds. The molecule has 7 nitrogen and oxygen atoms in total. The molecule has 2 saturated heterocycles. The van der Waals surface area contributed by atoms with E-state index >= 15 is 0 Å². The maximum Gasteiger partial charge on any atom is 0.240 e. The minimum atomic E-state index is -0.226. The summed E-state index contributed by atoms with van der Waals surface area (Å²) >= 11 is 0. The van der Waals surface area contributed by atoms with E-state index in [1.165, 1.54) is 4.90 Å². The second-order valence-corrected chi connectivity index (χ2v) is 7.06. The number of carbonyl (C=O) groups excluding carboxylic acids is 3. The molecule has 3 fully saturated rings. The molecular formula is C17H29ClN4O3. The molecule has 2 aliphatic heterocycles. The molecule has 2 atom stereocenters. The molecule has 1 aliphatic carbocycles. The molecule has 1 saturated carbocycles. The van der Waals surface area contributed by atoms with Crippen LogP contribution >= 0.6 is 12.4 Å². The summed E-state index contributed by atoms with van der Waals surface area (Å²) in [5, 5.41) is 6.16. The van der Waals surface area contributed by atoms with Gasteiger partial charge in [0.05, 0.1) is 11.8 Å². The van der Waals surface area contributed by atoms with Crippen molar-refractivity contribution in [2.24, 2.45) is 11.8 Å². The van der Waals surface area contributed by atoms with E-state index in [2.05, 4.69) is 15.5 Å². The zero-order valence-electron chi connectivity index (χ0n) is 14.7. The zero-order chi connectivity index (χ0) is 16.9. The summed E-state index contributed by atoms with van der Waals surface area (Å²) in [7, 11) is 0. The fourth-order valence-electron chi connectivity index (χ4n) is 4.05. The Hall–Kier alpha value is -1.18. The second kappa shape index (κ2) is 9.50. The Balaban J connectivity index is 0.00000225. The van der Waals surface area contributed by atoms with Crippen LogP contribution in [-0.2, 0) is 14.4 Å². The first-order chi connectivity index (χ1) is 11.7. The van der Waals surface area contributed by atoms with Crippen molar-refractivity contribution in [3.05, 3.63) is 0 Å². The molecular weight excluding hydrogens is 344 g/mol. The van der Waals surface area contributed by atoms with Crippen LogP contribution in [0.3, 0.4) is 0 Å². The van der Waals surface area contributed by atoms with E-state index < -0.39 is 0 Å². The third-order valence-corrected chi connectivity index (χ3v) is 5.42. The highest BCUT2D eigenvalue weighted by Crippen LogP contribution is 2.37. The van der Waals surface area contributed by atoms with E-state index in [9.17, 15) is 14.4 Å². The Kier molecular flexibility index (Phi) is 7.65. The van der Waals surface area contributed by atoms with Crippen molar-refractivity contribution in [2.75, 3.05) is 45.8 Å². The molecule has 2 unspecified atom stereocenters. The van der Waals surface area contributed by atoms with E-state index in [4.69, 9.17) is 0 Å². The Labute approximate surface area is 155 Å². The minimum absolute atomic E-state index is 0. The van der Waals surface area contributed by atoms with Crippen LogP contribution in [0, 0.1) is 11.8 Å².